The molecule has 2 aromatic heterocycles. The van der Waals surface area contributed by atoms with Gasteiger partial charge in [-0.2, -0.15) is 18.2 Å². The average Bonchev–Trinajstić information content (AvgIpc) is 3.13. The first-order chi connectivity index (χ1) is 15.0. The number of halogens is 4. The number of aliphatic carboxylic acids is 1. The largest absolute Gasteiger partial charge is 0.490 e. The number of nitrogens with two attached hydrogens (primary N) is 1. The molecule has 0 radical (unpaired) electrons. The number of hydrogen-bond donors (Lipinski definition) is 3. The van der Waals surface area contributed by atoms with Gasteiger partial charge in [0.05, 0.1) is 5.56 Å². The van der Waals surface area contributed by atoms with Gasteiger partial charge in [-0.15, -0.1) is 5.10 Å². The van der Waals surface area contributed by atoms with Crippen molar-refractivity contribution < 1.29 is 32.3 Å². The quantitative estimate of drug-likeness (QED) is 0.505. The summed E-state index contributed by atoms with van der Waals surface area (Å²) < 4.78 is 46.3. The van der Waals surface area contributed by atoms with E-state index in [1.807, 2.05) is 0 Å². The van der Waals surface area contributed by atoms with Crippen LogP contribution in [0.25, 0.3) is 5.65 Å². The van der Waals surface area contributed by atoms with Crippen LogP contribution in [0.5, 0.6) is 0 Å². The van der Waals surface area contributed by atoms with E-state index >= 15 is 0 Å². The summed E-state index contributed by atoms with van der Waals surface area (Å²) in [5.41, 5.74) is 7.66. The lowest BCUT2D eigenvalue weighted by molar-refractivity contribution is -0.192. The maximum Gasteiger partial charge on any atom is 0.490 e. The Morgan fingerprint density at radius 1 is 1.16 bits per heavy atom. The molecule has 0 aliphatic carbocycles. The summed E-state index contributed by atoms with van der Waals surface area (Å²) in [6, 6.07) is 9.76. The third-order valence-electron chi connectivity index (χ3n) is 4.57. The van der Waals surface area contributed by atoms with E-state index in [-0.39, 0.29) is 23.7 Å². The predicted molar refractivity (Wildman–Crippen MR) is 104 cm³/mol. The molecule has 1 aromatic carbocycles. The summed E-state index contributed by atoms with van der Waals surface area (Å²) in [6.07, 6.45) is -3.45. The highest BCUT2D eigenvalue weighted by Gasteiger charge is 2.38. The molecule has 4 N–H and O–H groups in total. The van der Waals surface area contributed by atoms with E-state index in [4.69, 9.17) is 15.6 Å². The molecule has 1 saturated heterocycles. The van der Waals surface area contributed by atoms with Crippen LogP contribution < -0.4 is 11.1 Å². The number of piperazine rings is 1. The van der Waals surface area contributed by atoms with Crippen molar-refractivity contribution in [2.75, 3.05) is 25.4 Å². The fourth-order valence-corrected chi connectivity index (χ4v) is 3.06. The zero-order valence-electron chi connectivity index (χ0n) is 16.4. The van der Waals surface area contributed by atoms with Crippen molar-refractivity contribution in [1.82, 2.24) is 24.8 Å². The fraction of sp³-hybridized carbons (Fsp3) is 0.263. The third-order valence-corrected chi connectivity index (χ3v) is 4.57. The van der Waals surface area contributed by atoms with Gasteiger partial charge in [-0.1, -0.05) is 12.1 Å². The summed E-state index contributed by atoms with van der Waals surface area (Å²) >= 11 is 0. The number of benzene rings is 1. The molecule has 13 heteroatoms. The minimum Gasteiger partial charge on any atom is -0.475 e. The Kier molecular flexibility index (Phi) is 6.58. The van der Waals surface area contributed by atoms with Crippen molar-refractivity contribution in [3.8, 4) is 0 Å². The Morgan fingerprint density at radius 3 is 2.44 bits per heavy atom. The first kappa shape index (κ1) is 22.9. The molecule has 1 atom stereocenters. The van der Waals surface area contributed by atoms with Crippen LogP contribution in [0.15, 0.2) is 42.6 Å². The van der Waals surface area contributed by atoms with E-state index in [1.54, 1.807) is 35.4 Å². The molecule has 9 nitrogen and oxygen atoms in total. The zero-order valence-corrected chi connectivity index (χ0v) is 16.4. The number of carbonyl (C=O) groups is 2. The second-order valence-corrected chi connectivity index (χ2v) is 6.80. The van der Waals surface area contributed by atoms with Gasteiger partial charge >= 0.3 is 12.1 Å². The first-order valence-electron chi connectivity index (χ1n) is 9.25. The van der Waals surface area contributed by atoms with E-state index in [9.17, 15) is 22.4 Å². The second-order valence-electron chi connectivity index (χ2n) is 6.80. The number of alkyl halides is 3. The fourth-order valence-electron chi connectivity index (χ4n) is 3.06. The monoisotopic (exact) mass is 454 g/mol. The Balaban J connectivity index is 0.000000360. The first-order valence-corrected chi connectivity index (χ1v) is 9.25. The highest BCUT2D eigenvalue weighted by Crippen LogP contribution is 2.19. The number of amides is 1. The normalized spacial score (nSPS) is 16.4. The molecule has 0 spiro atoms. The van der Waals surface area contributed by atoms with Crippen molar-refractivity contribution >= 4 is 23.5 Å². The molecule has 0 saturated carbocycles. The van der Waals surface area contributed by atoms with Gasteiger partial charge in [-0.25, -0.2) is 13.7 Å². The minimum absolute atomic E-state index is 0.0240. The number of aromatic nitrogens is 3. The summed E-state index contributed by atoms with van der Waals surface area (Å²) in [6.45, 7) is 1.79. The Morgan fingerprint density at radius 2 is 1.81 bits per heavy atom. The van der Waals surface area contributed by atoms with Gasteiger partial charge in [0.1, 0.15) is 5.82 Å². The van der Waals surface area contributed by atoms with E-state index in [0.717, 1.165) is 5.56 Å². The summed E-state index contributed by atoms with van der Waals surface area (Å²) in [5.74, 6) is -2.94. The van der Waals surface area contributed by atoms with Crippen molar-refractivity contribution in [1.29, 1.82) is 0 Å². The van der Waals surface area contributed by atoms with Crippen LogP contribution in [-0.2, 0) is 4.79 Å². The maximum absolute atomic E-state index is 13.1. The Bertz CT molecular complexity index is 1120. The SMILES string of the molecule is Nc1nc2ccc(C(=O)N3CCNC(c4ccc(F)cc4)C3)cn2n1.O=C(O)C(F)(F)F. The number of fused-ring (bicyclic) bond motifs is 1. The third kappa shape index (κ3) is 5.49. The Labute approximate surface area is 178 Å². The maximum atomic E-state index is 13.1. The van der Waals surface area contributed by atoms with Crippen LogP contribution in [0.2, 0.25) is 0 Å². The number of carboxylic acids is 1. The molecule has 32 heavy (non-hydrogen) atoms. The van der Waals surface area contributed by atoms with Crippen LogP contribution in [-0.4, -0.2) is 62.3 Å². The molecule has 3 aromatic rings. The molecule has 170 valence electrons. The van der Waals surface area contributed by atoms with Gasteiger partial charge in [0.2, 0.25) is 5.95 Å². The predicted octanol–water partition coefficient (Wildman–Crippen LogP) is 1.87. The molecule has 0 bridgehead atoms. The number of carboxylic acid groups (broad SMARTS) is 1. The number of nitrogens with zero attached hydrogens (tertiary/aromatic N) is 4. The lowest BCUT2D eigenvalue weighted by atomic mass is 10.0. The summed E-state index contributed by atoms with van der Waals surface area (Å²) in [4.78, 5) is 27.6. The lowest BCUT2D eigenvalue weighted by Crippen LogP contribution is -2.48. The van der Waals surface area contributed by atoms with Crippen LogP contribution in [0.3, 0.4) is 0 Å². The molecule has 1 unspecified atom stereocenters. The number of pyridine rings is 1. The second kappa shape index (κ2) is 9.18. The van der Waals surface area contributed by atoms with Crippen LogP contribution in [0.4, 0.5) is 23.5 Å². The number of nitrogen functional groups attached to an aromatic ring is 1. The molecule has 4 rings (SSSR count). The molecule has 1 amide bonds. The highest BCUT2D eigenvalue weighted by molar-refractivity contribution is 5.94. The number of carbonyl (C=O) groups excluding carboxylic acids is 1. The number of anilines is 1. The summed E-state index contributed by atoms with van der Waals surface area (Å²) in [7, 11) is 0. The van der Waals surface area contributed by atoms with Crippen LogP contribution >= 0.6 is 0 Å². The summed E-state index contributed by atoms with van der Waals surface area (Å²) in [5, 5.41) is 14.5. The number of hydrogen-bond acceptors (Lipinski definition) is 6. The standard InChI is InChI=1S/C17H17FN6O.C2HF3O2/c18-13-4-1-11(2-5-13)14-10-23(8-7-20-14)16(25)12-3-6-15-21-17(19)22-24(15)9-12;3-2(4,5)1(6)7/h1-6,9,14,20H,7-8,10H2,(H2,19,22);(H,6,7). The van der Waals surface area contributed by atoms with E-state index in [1.165, 1.54) is 16.6 Å². The van der Waals surface area contributed by atoms with E-state index in [0.29, 0.717) is 30.8 Å². The van der Waals surface area contributed by atoms with Gasteiger partial charge in [-0.3, -0.25) is 4.79 Å². The smallest absolute Gasteiger partial charge is 0.475 e. The average molecular weight is 454 g/mol. The van der Waals surface area contributed by atoms with Gasteiger partial charge in [0, 0.05) is 31.9 Å². The highest BCUT2D eigenvalue weighted by atomic mass is 19.4. The lowest BCUT2D eigenvalue weighted by Gasteiger charge is -2.34. The van der Waals surface area contributed by atoms with Crippen molar-refractivity contribution in [2.24, 2.45) is 0 Å². The van der Waals surface area contributed by atoms with Gasteiger partial charge in [-0.05, 0) is 29.8 Å². The topological polar surface area (TPSA) is 126 Å². The zero-order chi connectivity index (χ0) is 23.5. The van der Waals surface area contributed by atoms with Crippen LogP contribution in [0.1, 0.15) is 22.0 Å². The minimum atomic E-state index is -5.08. The van der Waals surface area contributed by atoms with Crippen molar-refractivity contribution in [3.63, 3.8) is 0 Å². The van der Waals surface area contributed by atoms with Crippen molar-refractivity contribution in [3.05, 3.63) is 59.5 Å². The Hall–Kier alpha value is -3.74. The van der Waals surface area contributed by atoms with E-state index in [2.05, 4.69) is 15.4 Å². The number of rotatable bonds is 2. The molecule has 1 fully saturated rings. The van der Waals surface area contributed by atoms with Gasteiger partial charge in [0.15, 0.2) is 5.65 Å². The van der Waals surface area contributed by atoms with Crippen LogP contribution in [0, 0.1) is 5.82 Å². The van der Waals surface area contributed by atoms with E-state index < -0.39 is 12.1 Å². The van der Waals surface area contributed by atoms with Crippen molar-refractivity contribution in [2.45, 2.75) is 12.2 Å². The molecule has 1 aliphatic heterocycles. The van der Waals surface area contributed by atoms with Gasteiger partial charge < -0.3 is 21.1 Å². The van der Waals surface area contributed by atoms with Gasteiger partial charge in [0.25, 0.3) is 5.91 Å². The number of nitrogens with one attached hydrogen (secondary N) is 1. The molecular weight excluding hydrogens is 436 g/mol. The molecule has 1 aliphatic rings. The molecule has 3 heterocycles. The molecular formula is C19H18F4N6O3.